The van der Waals surface area contributed by atoms with E-state index in [1.807, 2.05) is 43.3 Å². The summed E-state index contributed by atoms with van der Waals surface area (Å²) in [6.45, 7) is 1.05. The van der Waals surface area contributed by atoms with Crippen LogP contribution in [0.2, 0.25) is 0 Å². The maximum absolute atomic E-state index is 13.4. The summed E-state index contributed by atoms with van der Waals surface area (Å²) in [6.07, 6.45) is -0.132. The van der Waals surface area contributed by atoms with Crippen molar-refractivity contribution in [2.24, 2.45) is 0 Å². The fraction of sp³-hybridized carbons (Fsp3) is 0.355. The van der Waals surface area contributed by atoms with E-state index in [-0.39, 0.29) is 5.69 Å². The molecule has 1 atom stereocenters. The van der Waals surface area contributed by atoms with E-state index in [1.165, 1.54) is 6.07 Å². The lowest BCUT2D eigenvalue weighted by Gasteiger charge is -2.11. The molecule has 3 aromatic heterocycles. The molecule has 0 aliphatic heterocycles. The summed E-state index contributed by atoms with van der Waals surface area (Å²) in [5.41, 5.74) is 1.32. The second kappa shape index (κ2) is 12.5. The molecule has 0 saturated heterocycles. The molecule has 1 N–H and O–H groups in total. The molecule has 1 saturated carbocycles. The highest BCUT2D eigenvalue weighted by Gasteiger charge is 2.31. The molecule has 2 aromatic carbocycles. The number of furan rings is 1. The molecule has 13 heteroatoms. The van der Waals surface area contributed by atoms with Crippen LogP contribution in [0.1, 0.15) is 42.4 Å². The third-order valence-corrected chi connectivity index (χ3v) is 9.27. The first-order valence-electron chi connectivity index (χ1n) is 14.2. The SMILES string of the molecule is CN(C)Cc1ccc(CS(=O)CCCOc2cc3c4c(Nc5cccc(C(F)(F)F)c5)nncc4n(C4CC4)c3cc2Br)o1. The van der Waals surface area contributed by atoms with E-state index in [0.717, 1.165) is 57.0 Å². The molecule has 0 spiro atoms. The summed E-state index contributed by atoms with van der Waals surface area (Å²) in [5.74, 6) is 3.34. The van der Waals surface area contributed by atoms with Crippen LogP contribution >= 0.6 is 15.9 Å². The summed E-state index contributed by atoms with van der Waals surface area (Å²) in [5, 5.41) is 13.1. The van der Waals surface area contributed by atoms with Crippen LogP contribution in [0.25, 0.3) is 21.8 Å². The normalized spacial score (nSPS) is 14.5. The van der Waals surface area contributed by atoms with Crippen molar-refractivity contribution in [3.05, 3.63) is 76.3 Å². The second-order valence-electron chi connectivity index (χ2n) is 11.2. The molecule has 44 heavy (non-hydrogen) atoms. The van der Waals surface area contributed by atoms with Gasteiger partial charge in [0.05, 0.1) is 51.6 Å². The second-order valence-corrected chi connectivity index (χ2v) is 13.6. The first-order valence-corrected chi connectivity index (χ1v) is 16.5. The van der Waals surface area contributed by atoms with Crippen molar-refractivity contribution in [3.63, 3.8) is 0 Å². The zero-order valence-corrected chi connectivity index (χ0v) is 26.6. The Bertz CT molecular complexity index is 1830. The van der Waals surface area contributed by atoms with Crippen molar-refractivity contribution < 1.29 is 26.5 Å². The molecular formula is C31H31BrF3N5O3S. The van der Waals surface area contributed by atoms with Crippen molar-refractivity contribution in [3.8, 4) is 5.75 Å². The van der Waals surface area contributed by atoms with Crippen molar-refractivity contribution in [1.29, 1.82) is 0 Å². The van der Waals surface area contributed by atoms with Gasteiger partial charge in [-0.1, -0.05) is 6.07 Å². The van der Waals surface area contributed by atoms with Gasteiger partial charge in [0.15, 0.2) is 5.82 Å². The van der Waals surface area contributed by atoms with Gasteiger partial charge in [0.2, 0.25) is 0 Å². The number of halogens is 4. The zero-order chi connectivity index (χ0) is 31.0. The van der Waals surface area contributed by atoms with Crippen molar-refractivity contribution in [1.82, 2.24) is 19.7 Å². The van der Waals surface area contributed by atoms with E-state index >= 15 is 0 Å². The number of nitrogens with one attached hydrogen (secondary N) is 1. The Labute approximate surface area is 263 Å². The van der Waals surface area contributed by atoms with Crippen molar-refractivity contribution >= 4 is 60.0 Å². The van der Waals surface area contributed by atoms with Crippen LogP contribution in [0.4, 0.5) is 24.7 Å². The van der Waals surface area contributed by atoms with Gasteiger partial charge >= 0.3 is 6.18 Å². The molecule has 6 rings (SSSR count). The van der Waals surface area contributed by atoms with Gasteiger partial charge in [-0.15, -0.1) is 5.10 Å². The number of rotatable bonds is 12. The van der Waals surface area contributed by atoms with Gasteiger partial charge in [-0.25, -0.2) is 0 Å². The minimum atomic E-state index is -4.46. The number of alkyl halides is 3. The maximum atomic E-state index is 13.4. The summed E-state index contributed by atoms with van der Waals surface area (Å²) in [7, 11) is 2.83. The lowest BCUT2D eigenvalue weighted by Crippen LogP contribution is -2.09. The fourth-order valence-electron chi connectivity index (χ4n) is 5.26. The molecule has 0 amide bonds. The van der Waals surface area contributed by atoms with Crippen molar-refractivity contribution in [2.75, 3.05) is 31.8 Å². The van der Waals surface area contributed by atoms with Gasteiger partial charge in [0.1, 0.15) is 17.3 Å². The molecule has 3 heterocycles. The zero-order valence-electron chi connectivity index (χ0n) is 24.2. The summed E-state index contributed by atoms with van der Waals surface area (Å²) in [4.78, 5) is 2.01. The van der Waals surface area contributed by atoms with Gasteiger partial charge < -0.3 is 23.9 Å². The predicted molar refractivity (Wildman–Crippen MR) is 169 cm³/mol. The van der Waals surface area contributed by atoms with Gasteiger partial charge in [-0.2, -0.15) is 18.3 Å². The molecule has 0 radical (unpaired) electrons. The highest BCUT2D eigenvalue weighted by atomic mass is 79.9. The standard InChI is InChI=1S/C31H31BrF3N5O3S/c1-39(2)17-22-9-10-23(43-22)18-44(41)12-4-11-42-28-14-24-26(15-25(28)32)40(21-7-8-21)27-16-36-38-30(29(24)27)37-20-6-3-5-19(13-20)31(33,34)35/h3,5-6,9-10,13-16,21H,4,7-8,11-12,17-18H2,1-2H3,(H,37,38). The highest BCUT2D eigenvalue weighted by molar-refractivity contribution is 9.10. The van der Waals surface area contributed by atoms with Crippen LogP contribution in [-0.2, 0) is 29.3 Å². The Balaban J connectivity index is 1.21. The Morgan fingerprint density at radius 1 is 1.14 bits per heavy atom. The van der Waals surface area contributed by atoms with E-state index in [9.17, 15) is 17.4 Å². The maximum Gasteiger partial charge on any atom is 0.416 e. The van der Waals surface area contributed by atoms with E-state index in [0.29, 0.717) is 54.4 Å². The predicted octanol–water partition coefficient (Wildman–Crippen LogP) is 7.82. The number of ether oxygens (including phenoxy) is 1. The smallest absolute Gasteiger partial charge is 0.416 e. The number of benzene rings is 2. The molecular weight excluding hydrogens is 659 g/mol. The van der Waals surface area contributed by atoms with Crippen LogP contribution in [0, 0.1) is 0 Å². The van der Waals surface area contributed by atoms with Gasteiger partial charge in [0, 0.05) is 33.7 Å². The first kappa shape index (κ1) is 30.6. The summed E-state index contributed by atoms with van der Waals surface area (Å²) < 4.78 is 67.7. The molecule has 1 aliphatic carbocycles. The molecule has 1 fully saturated rings. The van der Waals surface area contributed by atoms with E-state index < -0.39 is 22.5 Å². The lowest BCUT2D eigenvalue weighted by atomic mass is 10.1. The number of hydrogen-bond donors (Lipinski definition) is 1. The lowest BCUT2D eigenvalue weighted by molar-refractivity contribution is -0.137. The minimum absolute atomic E-state index is 0.263. The minimum Gasteiger partial charge on any atom is -0.492 e. The Morgan fingerprint density at radius 2 is 1.93 bits per heavy atom. The molecule has 1 unspecified atom stereocenters. The third kappa shape index (κ3) is 6.79. The van der Waals surface area contributed by atoms with Gasteiger partial charge in [-0.3, -0.25) is 4.21 Å². The fourth-order valence-corrected chi connectivity index (χ4v) is 6.76. The molecule has 1 aliphatic rings. The van der Waals surface area contributed by atoms with Crippen LogP contribution in [0.3, 0.4) is 0 Å². The van der Waals surface area contributed by atoms with Crippen LogP contribution in [0.5, 0.6) is 5.75 Å². The largest absolute Gasteiger partial charge is 0.492 e. The monoisotopic (exact) mass is 689 g/mol. The third-order valence-electron chi connectivity index (χ3n) is 7.30. The topological polar surface area (TPSA) is 85.4 Å². The van der Waals surface area contributed by atoms with E-state index in [4.69, 9.17) is 9.15 Å². The first-order chi connectivity index (χ1) is 21.1. The average Bonchev–Trinajstić information content (AvgIpc) is 3.62. The summed E-state index contributed by atoms with van der Waals surface area (Å²) in [6, 6.07) is 13.0. The molecule has 8 nitrogen and oxygen atoms in total. The Hall–Kier alpha value is -3.42. The van der Waals surface area contributed by atoms with E-state index in [2.05, 4.69) is 36.0 Å². The Morgan fingerprint density at radius 3 is 2.68 bits per heavy atom. The molecule has 232 valence electrons. The van der Waals surface area contributed by atoms with E-state index in [1.54, 1.807) is 12.3 Å². The summed E-state index contributed by atoms with van der Waals surface area (Å²) >= 11 is 3.65. The average molecular weight is 691 g/mol. The number of fused-ring (bicyclic) bond motifs is 3. The van der Waals surface area contributed by atoms with Crippen LogP contribution in [0.15, 0.2) is 63.6 Å². The molecule has 5 aromatic rings. The number of hydrogen-bond acceptors (Lipinski definition) is 7. The van der Waals surface area contributed by atoms with Gasteiger partial charge in [0.25, 0.3) is 0 Å². The molecule has 0 bridgehead atoms. The van der Waals surface area contributed by atoms with Gasteiger partial charge in [-0.05, 0) is 91.8 Å². The van der Waals surface area contributed by atoms with Crippen molar-refractivity contribution in [2.45, 2.75) is 43.8 Å². The Kier molecular flexibility index (Phi) is 8.71. The van der Waals surface area contributed by atoms with Crippen LogP contribution < -0.4 is 10.1 Å². The number of anilines is 2. The highest BCUT2D eigenvalue weighted by Crippen LogP contribution is 2.46. The van der Waals surface area contributed by atoms with Crippen LogP contribution in [-0.4, -0.2) is 50.3 Å². The quantitative estimate of drug-likeness (QED) is 0.134. The number of nitrogens with zero attached hydrogens (tertiary/aromatic N) is 4. The number of aromatic nitrogens is 3.